The van der Waals surface area contributed by atoms with Gasteiger partial charge in [0.2, 0.25) is 0 Å². The van der Waals surface area contributed by atoms with Gasteiger partial charge in [-0.15, -0.1) is 10.2 Å². The number of pyridine rings is 1. The third-order valence-corrected chi connectivity index (χ3v) is 2.02. The van der Waals surface area contributed by atoms with E-state index in [4.69, 9.17) is 10.5 Å². The van der Waals surface area contributed by atoms with Crippen LogP contribution in [0.3, 0.4) is 0 Å². The van der Waals surface area contributed by atoms with Crippen molar-refractivity contribution in [3.05, 3.63) is 30.2 Å². The number of rotatable bonds is 3. The molecule has 2 aromatic rings. The molecule has 0 bridgehead atoms. The molecule has 2 aromatic heterocycles. The van der Waals surface area contributed by atoms with Gasteiger partial charge in [0.05, 0.1) is 12.6 Å². The maximum absolute atomic E-state index is 5.87. The monoisotopic (exact) mass is 192 g/mol. The molecule has 5 nitrogen and oxygen atoms in total. The van der Waals surface area contributed by atoms with Gasteiger partial charge in [-0.3, -0.25) is 4.40 Å². The minimum Gasteiger partial charge on any atom is -0.383 e. The molecule has 0 aliphatic carbocycles. The normalized spacial score (nSPS) is 13.3. The highest BCUT2D eigenvalue weighted by Gasteiger charge is 2.12. The zero-order valence-electron chi connectivity index (χ0n) is 7.92. The van der Waals surface area contributed by atoms with Gasteiger partial charge in [-0.1, -0.05) is 6.07 Å². The van der Waals surface area contributed by atoms with Crippen molar-refractivity contribution in [2.75, 3.05) is 13.7 Å². The van der Waals surface area contributed by atoms with E-state index >= 15 is 0 Å². The summed E-state index contributed by atoms with van der Waals surface area (Å²) >= 11 is 0. The number of fused-ring (bicyclic) bond motifs is 1. The summed E-state index contributed by atoms with van der Waals surface area (Å²) in [4.78, 5) is 0. The maximum Gasteiger partial charge on any atom is 0.160 e. The Morgan fingerprint density at radius 3 is 3.14 bits per heavy atom. The minimum absolute atomic E-state index is 0.239. The van der Waals surface area contributed by atoms with E-state index in [1.807, 2.05) is 28.8 Å². The molecule has 0 spiro atoms. The van der Waals surface area contributed by atoms with Crippen molar-refractivity contribution < 1.29 is 4.74 Å². The largest absolute Gasteiger partial charge is 0.383 e. The third kappa shape index (κ3) is 1.47. The molecule has 5 heteroatoms. The van der Waals surface area contributed by atoms with Crippen molar-refractivity contribution >= 4 is 5.65 Å². The number of nitrogens with zero attached hydrogens (tertiary/aromatic N) is 3. The summed E-state index contributed by atoms with van der Waals surface area (Å²) in [5.74, 6) is 0.724. The van der Waals surface area contributed by atoms with Gasteiger partial charge in [0.25, 0.3) is 0 Å². The smallest absolute Gasteiger partial charge is 0.160 e. The molecule has 0 amide bonds. The first-order chi connectivity index (χ1) is 6.83. The Kier molecular flexibility index (Phi) is 2.43. The first kappa shape index (κ1) is 9.11. The van der Waals surface area contributed by atoms with Crippen molar-refractivity contribution in [2.45, 2.75) is 6.04 Å². The lowest BCUT2D eigenvalue weighted by molar-refractivity contribution is 0.178. The molecular formula is C9H12N4O. The maximum atomic E-state index is 5.87. The van der Waals surface area contributed by atoms with Crippen LogP contribution < -0.4 is 5.73 Å². The summed E-state index contributed by atoms with van der Waals surface area (Å²) in [5, 5.41) is 8.02. The van der Waals surface area contributed by atoms with E-state index < -0.39 is 0 Å². The van der Waals surface area contributed by atoms with Crippen LogP contribution in [0.5, 0.6) is 0 Å². The lowest BCUT2D eigenvalue weighted by Crippen LogP contribution is -2.19. The molecule has 0 saturated heterocycles. The van der Waals surface area contributed by atoms with E-state index in [-0.39, 0.29) is 6.04 Å². The molecule has 0 radical (unpaired) electrons. The summed E-state index contributed by atoms with van der Waals surface area (Å²) in [6, 6.07) is 5.47. The Morgan fingerprint density at radius 2 is 2.36 bits per heavy atom. The standard InChI is InChI=1S/C9H12N4O/c1-14-6-7(10)9-12-11-8-4-2-3-5-13(8)9/h2-5,7H,6,10H2,1H3. The molecule has 2 heterocycles. The van der Waals surface area contributed by atoms with E-state index in [0.717, 1.165) is 11.5 Å². The fourth-order valence-electron chi connectivity index (χ4n) is 1.37. The molecule has 14 heavy (non-hydrogen) atoms. The van der Waals surface area contributed by atoms with Crippen LogP contribution in [0.15, 0.2) is 24.4 Å². The van der Waals surface area contributed by atoms with Crippen molar-refractivity contribution in [1.82, 2.24) is 14.6 Å². The van der Waals surface area contributed by atoms with Gasteiger partial charge in [-0.05, 0) is 12.1 Å². The Hall–Kier alpha value is -1.46. The van der Waals surface area contributed by atoms with E-state index in [1.165, 1.54) is 0 Å². The summed E-state index contributed by atoms with van der Waals surface area (Å²) in [7, 11) is 1.61. The van der Waals surface area contributed by atoms with Crippen LogP contribution in [-0.4, -0.2) is 28.3 Å². The first-order valence-corrected chi connectivity index (χ1v) is 4.37. The minimum atomic E-state index is -0.239. The van der Waals surface area contributed by atoms with Crippen LogP contribution in [0.25, 0.3) is 5.65 Å². The average molecular weight is 192 g/mol. The highest BCUT2D eigenvalue weighted by molar-refractivity contribution is 5.37. The Balaban J connectivity index is 2.42. The van der Waals surface area contributed by atoms with Crippen LogP contribution in [0.1, 0.15) is 11.9 Å². The zero-order chi connectivity index (χ0) is 9.97. The third-order valence-electron chi connectivity index (χ3n) is 2.02. The topological polar surface area (TPSA) is 65.4 Å². The predicted molar refractivity (Wildman–Crippen MR) is 51.8 cm³/mol. The molecule has 0 aromatic carbocycles. The Bertz CT molecular complexity index is 425. The van der Waals surface area contributed by atoms with Gasteiger partial charge in [-0.2, -0.15) is 0 Å². The second kappa shape index (κ2) is 3.73. The number of aromatic nitrogens is 3. The molecule has 1 unspecified atom stereocenters. The number of nitrogens with two attached hydrogens (primary N) is 1. The first-order valence-electron chi connectivity index (χ1n) is 4.37. The SMILES string of the molecule is COCC(N)c1nnc2ccccn12. The van der Waals surface area contributed by atoms with Gasteiger partial charge < -0.3 is 10.5 Å². The van der Waals surface area contributed by atoms with Gasteiger partial charge in [0.1, 0.15) is 0 Å². The van der Waals surface area contributed by atoms with Gasteiger partial charge in [-0.25, -0.2) is 0 Å². The number of hydrogen-bond donors (Lipinski definition) is 1. The summed E-state index contributed by atoms with van der Waals surface area (Å²) in [6.45, 7) is 0.440. The second-order valence-corrected chi connectivity index (χ2v) is 3.05. The molecule has 74 valence electrons. The quantitative estimate of drug-likeness (QED) is 0.763. The zero-order valence-corrected chi connectivity index (χ0v) is 7.92. The van der Waals surface area contributed by atoms with E-state index in [9.17, 15) is 0 Å². The van der Waals surface area contributed by atoms with Gasteiger partial charge in [0.15, 0.2) is 11.5 Å². The summed E-state index contributed by atoms with van der Waals surface area (Å²) in [6.07, 6.45) is 1.89. The van der Waals surface area contributed by atoms with Crippen molar-refractivity contribution in [2.24, 2.45) is 5.73 Å². The molecule has 2 N–H and O–H groups in total. The second-order valence-electron chi connectivity index (χ2n) is 3.05. The molecular weight excluding hydrogens is 180 g/mol. The highest BCUT2D eigenvalue weighted by Crippen LogP contribution is 2.09. The van der Waals surface area contributed by atoms with Crippen molar-refractivity contribution in [3.8, 4) is 0 Å². The number of hydrogen-bond acceptors (Lipinski definition) is 4. The fourth-order valence-corrected chi connectivity index (χ4v) is 1.37. The predicted octanol–water partition coefficient (Wildman–Crippen LogP) is 0.376. The lowest BCUT2D eigenvalue weighted by Gasteiger charge is -2.07. The van der Waals surface area contributed by atoms with E-state index in [0.29, 0.717) is 6.61 Å². The van der Waals surface area contributed by atoms with E-state index in [1.54, 1.807) is 7.11 Å². The van der Waals surface area contributed by atoms with Crippen LogP contribution in [-0.2, 0) is 4.74 Å². The molecule has 1 atom stereocenters. The van der Waals surface area contributed by atoms with Crippen molar-refractivity contribution in [1.29, 1.82) is 0 Å². The molecule has 0 aliphatic rings. The van der Waals surface area contributed by atoms with E-state index in [2.05, 4.69) is 10.2 Å². The van der Waals surface area contributed by atoms with Gasteiger partial charge >= 0.3 is 0 Å². The Labute approximate surface area is 81.5 Å². The molecule has 0 aliphatic heterocycles. The highest BCUT2D eigenvalue weighted by atomic mass is 16.5. The lowest BCUT2D eigenvalue weighted by atomic mass is 10.3. The Morgan fingerprint density at radius 1 is 1.50 bits per heavy atom. The molecule has 0 saturated carbocycles. The average Bonchev–Trinajstić information content (AvgIpc) is 2.61. The number of methoxy groups -OCH3 is 1. The molecule has 2 rings (SSSR count). The fraction of sp³-hybridized carbons (Fsp3) is 0.333. The van der Waals surface area contributed by atoms with Crippen molar-refractivity contribution in [3.63, 3.8) is 0 Å². The van der Waals surface area contributed by atoms with Crippen LogP contribution >= 0.6 is 0 Å². The number of ether oxygens (including phenoxy) is 1. The van der Waals surface area contributed by atoms with Crippen LogP contribution in [0.4, 0.5) is 0 Å². The summed E-state index contributed by atoms with van der Waals surface area (Å²) in [5.41, 5.74) is 6.67. The van der Waals surface area contributed by atoms with Gasteiger partial charge in [0, 0.05) is 13.3 Å². The molecule has 0 fully saturated rings. The van der Waals surface area contributed by atoms with Crippen LogP contribution in [0, 0.1) is 0 Å². The summed E-state index contributed by atoms with van der Waals surface area (Å²) < 4.78 is 6.83. The van der Waals surface area contributed by atoms with Crippen LogP contribution in [0.2, 0.25) is 0 Å².